The summed E-state index contributed by atoms with van der Waals surface area (Å²) in [6.07, 6.45) is 0. The van der Waals surface area contributed by atoms with Crippen molar-refractivity contribution in [2.24, 2.45) is 0 Å². The van der Waals surface area contributed by atoms with Crippen molar-refractivity contribution in [3.8, 4) is 17.3 Å². The molecule has 0 amide bonds. The van der Waals surface area contributed by atoms with Crippen molar-refractivity contribution in [3.63, 3.8) is 0 Å². The molecule has 1 aromatic carbocycles. The average Bonchev–Trinajstić information content (AvgIpc) is 2.70. The van der Waals surface area contributed by atoms with Crippen molar-refractivity contribution in [2.45, 2.75) is 0 Å². The molecule has 2 heterocycles. The fourth-order valence-electron chi connectivity index (χ4n) is 1.77. The average molecular weight is 244 g/mol. The van der Waals surface area contributed by atoms with Gasteiger partial charge in [-0.15, -0.1) is 0 Å². The van der Waals surface area contributed by atoms with Gasteiger partial charge in [-0.25, -0.2) is 9.78 Å². The van der Waals surface area contributed by atoms with E-state index in [0.717, 1.165) is 5.52 Å². The van der Waals surface area contributed by atoms with Crippen LogP contribution in [0.2, 0.25) is 0 Å². The number of hydrogen-bond donors (Lipinski definition) is 4. The largest absolute Gasteiger partial charge is 0.494 e. The molecule has 3 rings (SSSR count). The predicted octanol–water partition coefficient (Wildman–Crippen LogP) is 0.312. The highest BCUT2D eigenvalue weighted by Gasteiger charge is 2.14. The standard InChI is InChI=1S/C11H8N4O3/c16-9-7(10(17)15-11(18)14-9)8-12-5-3-1-2-4-6(5)13-8/h1-4H,(H,12,13)(H3,14,15,16,17,18). The number of aromatic nitrogens is 4. The van der Waals surface area contributed by atoms with Gasteiger partial charge in [-0.2, -0.15) is 0 Å². The van der Waals surface area contributed by atoms with Crippen molar-refractivity contribution < 1.29 is 5.11 Å². The highest BCUT2D eigenvalue weighted by Crippen LogP contribution is 2.21. The summed E-state index contributed by atoms with van der Waals surface area (Å²) in [5.74, 6) is -0.311. The summed E-state index contributed by atoms with van der Waals surface area (Å²) < 4.78 is 0. The lowest BCUT2D eigenvalue weighted by atomic mass is 10.3. The van der Waals surface area contributed by atoms with E-state index in [1.807, 2.05) is 17.1 Å². The number of benzene rings is 1. The minimum Gasteiger partial charge on any atom is -0.494 e. The van der Waals surface area contributed by atoms with Crippen LogP contribution < -0.4 is 11.2 Å². The molecule has 0 unspecified atom stereocenters. The molecule has 0 radical (unpaired) electrons. The number of H-pyrrole nitrogens is 3. The maximum Gasteiger partial charge on any atom is 0.328 e. The highest BCUT2D eigenvalue weighted by atomic mass is 16.3. The number of rotatable bonds is 1. The summed E-state index contributed by atoms with van der Waals surface area (Å²) in [7, 11) is 0. The Labute approximate surface area is 99.2 Å². The molecule has 18 heavy (non-hydrogen) atoms. The lowest BCUT2D eigenvalue weighted by Gasteiger charge is -1.97. The van der Waals surface area contributed by atoms with Gasteiger partial charge in [0.2, 0.25) is 5.88 Å². The van der Waals surface area contributed by atoms with Crippen molar-refractivity contribution in [3.05, 3.63) is 45.1 Å². The molecule has 0 saturated heterocycles. The quantitative estimate of drug-likeness (QED) is 0.493. The third kappa shape index (κ3) is 1.49. The molecular formula is C11H8N4O3. The van der Waals surface area contributed by atoms with E-state index in [0.29, 0.717) is 5.52 Å². The van der Waals surface area contributed by atoms with Crippen molar-refractivity contribution in [1.29, 1.82) is 0 Å². The maximum absolute atomic E-state index is 11.6. The molecule has 0 fully saturated rings. The predicted molar refractivity (Wildman–Crippen MR) is 64.4 cm³/mol. The van der Waals surface area contributed by atoms with E-state index in [4.69, 9.17) is 0 Å². The molecule has 0 aliphatic carbocycles. The van der Waals surface area contributed by atoms with E-state index in [1.165, 1.54) is 0 Å². The van der Waals surface area contributed by atoms with Gasteiger partial charge in [0, 0.05) is 0 Å². The normalized spacial score (nSPS) is 10.9. The third-order valence-corrected chi connectivity index (χ3v) is 2.55. The van der Waals surface area contributed by atoms with Crippen LogP contribution >= 0.6 is 0 Å². The zero-order chi connectivity index (χ0) is 12.7. The Morgan fingerprint density at radius 3 is 2.56 bits per heavy atom. The molecule has 2 aromatic heterocycles. The number of imidazole rings is 1. The van der Waals surface area contributed by atoms with E-state index in [2.05, 4.69) is 15.0 Å². The number of fused-ring (bicyclic) bond motifs is 1. The van der Waals surface area contributed by atoms with Gasteiger partial charge < -0.3 is 10.1 Å². The van der Waals surface area contributed by atoms with E-state index >= 15 is 0 Å². The molecule has 7 nitrogen and oxygen atoms in total. The zero-order valence-electron chi connectivity index (χ0n) is 9.02. The first-order valence-corrected chi connectivity index (χ1v) is 5.16. The Morgan fingerprint density at radius 2 is 1.83 bits per heavy atom. The van der Waals surface area contributed by atoms with Crippen molar-refractivity contribution in [2.75, 3.05) is 0 Å². The first-order valence-electron chi connectivity index (χ1n) is 5.16. The molecular weight excluding hydrogens is 236 g/mol. The second-order valence-corrected chi connectivity index (χ2v) is 3.73. The van der Waals surface area contributed by atoms with Crippen LogP contribution in [0.4, 0.5) is 0 Å². The van der Waals surface area contributed by atoms with Gasteiger partial charge >= 0.3 is 5.69 Å². The van der Waals surface area contributed by atoms with Crippen LogP contribution in [0, 0.1) is 0 Å². The van der Waals surface area contributed by atoms with Gasteiger partial charge in [0.15, 0.2) is 0 Å². The molecule has 0 aliphatic rings. The number of hydrogen-bond acceptors (Lipinski definition) is 4. The smallest absolute Gasteiger partial charge is 0.328 e. The zero-order valence-corrected chi connectivity index (χ0v) is 9.02. The lowest BCUT2D eigenvalue weighted by molar-refractivity contribution is 0.450. The Balaban J connectivity index is 2.33. The Kier molecular flexibility index (Phi) is 2.06. The minimum absolute atomic E-state index is 0.0919. The van der Waals surface area contributed by atoms with Crippen molar-refractivity contribution in [1.82, 2.24) is 19.9 Å². The molecule has 0 saturated carbocycles. The third-order valence-electron chi connectivity index (χ3n) is 2.55. The van der Waals surface area contributed by atoms with E-state index in [-0.39, 0.29) is 11.4 Å². The maximum atomic E-state index is 11.6. The minimum atomic E-state index is -0.766. The van der Waals surface area contributed by atoms with Crippen molar-refractivity contribution >= 4 is 11.0 Å². The van der Waals surface area contributed by atoms with Crippen LogP contribution in [0.5, 0.6) is 5.88 Å². The number of aromatic hydroxyl groups is 1. The van der Waals surface area contributed by atoms with Crippen LogP contribution in [0.1, 0.15) is 0 Å². The topological polar surface area (TPSA) is 115 Å². The second kappa shape index (κ2) is 3.59. The fourth-order valence-corrected chi connectivity index (χ4v) is 1.77. The van der Waals surface area contributed by atoms with Gasteiger partial charge in [0.1, 0.15) is 11.4 Å². The summed E-state index contributed by atoms with van der Waals surface area (Å²) in [6.45, 7) is 0. The molecule has 0 atom stereocenters. The Bertz CT molecular complexity index is 810. The number of para-hydroxylation sites is 2. The number of nitrogens with zero attached hydrogens (tertiary/aromatic N) is 1. The van der Waals surface area contributed by atoms with E-state index in [1.54, 1.807) is 12.1 Å². The Morgan fingerprint density at radius 1 is 1.06 bits per heavy atom. The lowest BCUT2D eigenvalue weighted by Crippen LogP contribution is -2.23. The highest BCUT2D eigenvalue weighted by molar-refractivity contribution is 5.79. The van der Waals surface area contributed by atoms with Crippen LogP contribution in [-0.2, 0) is 0 Å². The first kappa shape index (κ1) is 10.3. The molecule has 3 aromatic rings. The van der Waals surface area contributed by atoms with E-state index in [9.17, 15) is 14.7 Å². The summed E-state index contributed by atoms with van der Waals surface area (Å²) in [5, 5.41) is 9.62. The Hall–Kier alpha value is -2.83. The number of nitrogens with one attached hydrogen (secondary N) is 3. The van der Waals surface area contributed by atoms with E-state index < -0.39 is 17.1 Å². The van der Waals surface area contributed by atoms with Gasteiger partial charge in [-0.3, -0.25) is 14.8 Å². The molecule has 4 N–H and O–H groups in total. The SMILES string of the molecule is O=c1[nH]c(O)c(-c2nc3ccccc3[nH]2)c(=O)[nH]1. The molecule has 0 spiro atoms. The van der Waals surface area contributed by atoms with Gasteiger partial charge in [-0.1, -0.05) is 12.1 Å². The van der Waals surface area contributed by atoms with Crippen LogP contribution in [0.3, 0.4) is 0 Å². The van der Waals surface area contributed by atoms with Crippen LogP contribution in [0.15, 0.2) is 33.9 Å². The van der Waals surface area contributed by atoms with Crippen LogP contribution in [0.25, 0.3) is 22.4 Å². The van der Waals surface area contributed by atoms with Gasteiger partial charge in [-0.05, 0) is 12.1 Å². The number of aromatic amines is 3. The molecule has 0 bridgehead atoms. The molecule has 0 aliphatic heterocycles. The first-order chi connectivity index (χ1) is 8.65. The summed E-state index contributed by atoms with van der Waals surface area (Å²) in [4.78, 5) is 33.8. The van der Waals surface area contributed by atoms with Gasteiger partial charge in [0.05, 0.1) is 11.0 Å². The second-order valence-electron chi connectivity index (χ2n) is 3.73. The summed E-state index contributed by atoms with van der Waals surface area (Å²) >= 11 is 0. The van der Waals surface area contributed by atoms with Crippen LogP contribution in [-0.4, -0.2) is 25.0 Å². The summed E-state index contributed by atoms with van der Waals surface area (Å²) in [6, 6.07) is 7.19. The summed E-state index contributed by atoms with van der Waals surface area (Å²) in [5.41, 5.74) is -0.159. The molecule has 90 valence electrons. The fraction of sp³-hybridized carbons (Fsp3) is 0. The monoisotopic (exact) mass is 244 g/mol. The van der Waals surface area contributed by atoms with Gasteiger partial charge in [0.25, 0.3) is 5.56 Å². The molecule has 7 heteroatoms.